The summed E-state index contributed by atoms with van der Waals surface area (Å²) in [6.07, 6.45) is -2.05. The second kappa shape index (κ2) is 2.97. The highest BCUT2D eigenvalue weighted by atomic mass is 32.2. The third-order valence-corrected chi connectivity index (χ3v) is 1.78. The molecule has 0 spiro atoms. The Morgan fingerprint density at radius 1 is 1.64 bits per heavy atom. The van der Waals surface area contributed by atoms with Crippen LogP contribution in [0.4, 0.5) is 9.18 Å². The van der Waals surface area contributed by atoms with E-state index in [4.69, 9.17) is 0 Å². The van der Waals surface area contributed by atoms with Crippen molar-refractivity contribution in [3.05, 3.63) is 11.6 Å². The van der Waals surface area contributed by atoms with Crippen molar-refractivity contribution in [1.82, 2.24) is 4.90 Å². The smallest absolute Gasteiger partial charge is 0.404 e. The van der Waals surface area contributed by atoms with Gasteiger partial charge in [0.2, 0.25) is 0 Å². The summed E-state index contributed by atoms with van der Waals surface area (Å²) in [6.45, 7) is 2.71. The van der Waals surface area contributed by atoms with E-state index in [0.717, 1.165) is 7.05 Å². The number of hydrogen-bond donors (Lipinski definition) is 0. The summed E-state index contributed by atoms with van der Waals surface area (Å²) in [7, 11) is -4.03. The summed E-state index contributed by atoms with van der Waals surface area (Å²) in [5.41, 5.74) is 0. The summed E-state index contributed by atoms with van der Waals surface area (Å²) in [5, 5.41) is -1.11. The molecule has 0 aliphatic rings. The Morgan fingerprint density at radius 2 is 2.00 bits per heavy atom. The fraction of sp³-hybridized carbons (Fsp3) is 0.250. The first-order valence-electron chi connectivity index (χ1n) is 2.35. The van der Waals surface area contributed by atoms with Gasteiger partial charge in [-0.2, -0.15) is 0 Å². The molecule has 0 radical (unpaired) electrons. The summed E-state index contributed by atoms with van der Waals surface area (Å²) in [6, 6.07) is 0. The Kier molecular flexibility index (Phi) is 2.71. The van der Waals surface area contributed by atoms with E-state index in [1.807, 2.05) is 0 Å². The summed E-state index contributed by atoms with van der Waals surface area (Å²) in [4.78, 5) is 9.84. The zero-order valence-electron chi connectivity index (χ0n) is 5.57. The van der Waals surface area contributed by atoms with Crippen LogP contribution in [0.3, 0.4) is 0 Å². The minimum absolute atomic E-state index is 0.0162. The number of halogens is 1. The van der Waals surface area contributed by atoms with Gasteiger partial charge in [0.15, 0.2) is 0 Å². The second-order valence-electron chi connectivity index (χ2n) is 1.66. The van der Waals surface area contributed by atoms with Crippen molar-refractivity contribution >= 4 is 16.3 Å². The minimum Gasteiger partial charge on any atom is -0.743 e. The highest BCUT2D eigenvalue weighted by molar-refractivity contribution is 7.89. The number of carbonyl (C=O) groups is 1. The van der Waals surface area contributed by atoms with Gasteiger partial charge in [0.05, 0.1) is 0 Å². The van der Waals surface area contributed by atoms with Gasteiger partial charge in [0.25, 0.3) is 0 Å². The first-order valence-corrected chi connectivity index (χ1v) is 3.75. The maximum Gasteiger partial charge on any atom is 0.404 e. The van der Waals surface area contributed by atoms with Crippen molar-refractivity contribution in [2.75, 3.05) is 7.05 Å². The predicted molar refractivity (Wildman–Crippen MR) is 33.1 cm³/mol. The molecule has 64 valence electrons. The van der Waals surface area contributed by atoms with E-state index in [1.165, 1.54) is 0 Å². The lowest BCUT2D eigenvalue weighted by atomic mass is 10.8. The molecule has 0 unspecified atom stereocenters. The van der Waals surface area contributed by atoms with Gasteiger partial charge in [-0.05, 0) is 0 Å². The van der Waals surface area contributed by atoms with Gasteiger partial charge in [0, 0.05) is 7.05 Å². The largest absolute Gasteiger partial charge is 0.743 e. The SMILES string of the molecule is C=C(N(C)C(=O)F)S(=O)(=O)[O-]. The quantitative estimate of drug-likeness (QED) is 0.342. The molecule has 0 saturated carbocycles. The lowest BCUT2D eigenvalue weighted by Crippen LogP contribution is -2.25. The van der Waals surface area contributed by atoms with Gasteiger partial charge >= 0.3 is 6.16 Å². The zero-order valence-corrected chi connectivity index (χ0v) is 6.39. The van der Waals surface area contributed by atoms with Crippen molar-refractivity contribution in [3.8, 4) is 0 Å². The number of hydrogen-bond acceptors (Lipinski definition) is 4. The van der Waals surface area contributed by atoms with Crippen molar-refractivity contribution in [1.29, 1.82) is 0 Å². The molecule has 0 aromatic heterocycles. The van der Waals surface area contributed by atoms with Crippen LogP contribution in [-0.4, -0.2) is 31.1 Å². The van der Waals surface area contributed by atoms with Gasteiger partial charge in [-0.3, -0.25) is 4.90 Å². The van der Waals surface area contributed by atoms with Crippen LogP contribution in [0.25, 0.3) is 0 Å². The van der Waals surface area contributed by atoms with Gasteiger partial charge in [-0.25, -0.2) is 13.2 Å². The minimum atomic E-state index is -4.83. The Labute approximate surface area is 62.9 Å². The third-order valence-electron chi connectivity index (χ3n) is 0.926. The molecule has 0 aliphatic heterocycles. The number of amides is 1. The highest BCUT2D eigenvalue weighted by Crippen LogP contribution is 2.06. The van der Waals surface area contributed by atoms with E-state index in [-0.39, 0.29) is 4.90 Å². The molecule has 0 saturated heterocycles. The van der Waals surface area contributed by atoms with Crippen LogP contribution in [0.2, 0.25) is 0 Å². The van der Waals surface area contributed by atoms with E-state index in [1.54, 1.807) is 0 Å². The summed E-state index contributed by atoms with van der Waals surface area (Å²) in [5.74, 6) is 0. The average Bonchev–Trinajstić information content (AvgIpc) is 1.82. The maximum absolute atomic E-state index is 11.7. The number of nitrogens with zero attached hydrogens (tertiary/aromatic N) is 1. The molecular weight excluding hydrogens is 177 g/mol. The fourth-order valence-electron chi connectivity index (χ4n) is 0.266. The maximum atomic E-state index is 11.7. The van der Waals surface area contributed by atoms with E-state index >= 15 is 0 Å². The van der Waals surface area contributed by atoms with Gasteiger partial charge in [0.1, 0.15) is 15.1 Å². The Hall–Kier alpha value is -0.950. The summed E-state index contributed by atoms with van der Waals surface area (Å²) < 4.78 is 41.9. The molecular formula is C4H5FNO4S-. The second-order valence-corrected chi connectivity index (χ2v) is 3.04. The van der Waals surface area contributed by atoms with E-state index in [0.29, 0.717) is 0 Å². The van der Waals surface area contributed by atoms with Crippen LogP contribution < -0.4 is 0 Å². The van der Waals surface area contributed by atoms with Crippen LogP contribution in [0.1, 0.15) is 0 Å². The van der Waals surface area contributed by atoms with Crippen LogP contribution in [0.15, 0.2) is 11.6 Å². The van der Waals surface area contributed by atoms with Gasteiger partial charge < -0.3 is 4.55 Å². The van der Waals surface area contributed by atoms with Crippen LogP contribution in [-0.2, 0) is 10.1 Å². The third kappa shape index (κ3) is 2.64. The van der Waals surface area contributed by atoms with Crippen molar-refractivity contribution < 1.29 is 22.2 Å². The molecule has 0 aliphatic carbocycles. The van der Waals surface area contributed by atoms with Crippen molar-refractivity contribution in [2.24, 2.45) is 0 Å². The standard InChI is InChI=1S/C4H6FNO4S/c1-3(11(8,9)10)6(2)4(5)7/h1H2,2H3,(H,8,9,10)/p-1. The van der Waals surface area contributed by atoms with E-state index in [9.17, 15) is 22.2 Å². The molecule has 1 amide bonds. The lowest BCUT2D eigenvalue weighted by Gasteiger charge is -2.17. The Morgan fingerprint density at radius 3 is 2.09 bits per heavy atom. The average molecular weight is 182 g/mol. The topological polar surface area (TPSA) is 77.5 Å². The molecule has 5 nitrogen and oxygen atoms in total. The molecule has 0 fully saturated rings. The molecule has 0 bridgehead atoms. The van der Waals surface area contributed by atoms with Crippen molar-refractivity contribution in [2.45, 2.75) is 0 Å². The molecule has 0 rings (SSSR count). The molecule has 0 N–H and O–H groups in total. The molecule has 0 aromatic rings. The molecule has 0 aromatic carbocycles. The first-order chi connectivity index (χ1) is 4.76. The molecule has 11 heavy (non-hydrogen) atoms. The van der Waals surface area contributed by atoms with Crippen LogP contribution >= 0.6 is 0 Å². The van der Waals surface area contributed by atoms with Crippen molar-refractivity contribution in [3.63, 3.8) is 0 Å². The summed E-state index contributed by atoms with van der Waals surface area (Å²) >= 11 is 0. The first kappa shape index (κ1) is 10.0. The van der Waals surface area contributed by atoms with Crippen LogP contribution in [0, 0.1) is 0 Å². The van der Waals surface area contributed by atoms with E-state index in [2.05, 4.69) is 6.58 Å². The highest BCUT2D eigenvalue weighted by Gasteiger charge is 2.14. The van der Waals surface area contributed by atoms with E-state index < -0.39 is 21.3 Å². The number of carbonyl (C=O) groups excluding carboxylic acids is 1. The number of rotatable bonds is 2. The molecule has 7 heteroatoms. The molecule has 0 heterocycles. The van der Waals surface area contributed by atoms with Gasteiger partial charge in [-0.15, -0.1) is 4.39 Å². The zero-order chi connectivity index (χ0) is 9.23. The Bertz CT molecular complexity index is 282. The fourth-order valence-corrected chi connectivity index (χ4v) is 0.673. The van der Waals surface area contributed by atoms with Crippen LogP contribution in [0.5, 0.6) is 0 Å². The predicted octanol–water partition coefficient (Wildman–Crippen LogP) is 0.0241. The Balaban J connectivity index is 4.67. The lowest BCUT2D eigenvalue weighted by molar-refractivity contribution is 0.198. The van der Waals surface area contributed by atoms with Gasteiger partial charge in [-0.1, -0.05) is 6.58 Å². The molecule has 0 atom stereocenters. The normalized spacial score (nSPS) is 10.8. The monoisotopic (exact) mass is 182 g/mol.